The minimum atomic E-state index is -1.54. The Balaban J connectivity index is 1.80. The highest BCUT2D eigenvalue weighted by molar-refractivity contribution is 6.34. The molecule has 0 aromatic heterocycles. The van der Waals surface area contributed by atoms with Crippen molar-refractivity contribution in [3.05, 3.63) is 87.4 Å². The van der Waals surface area contributed by atoms with Gasteiger partial charge in [-0.05, 0) is 74.0 Å². The van der Waals surface area contributed by atoms with Crippen LogP contribution in [0.3, 0.4) is 0 Å². The fourth-order valence-electron chi connectivity index (χ4n) is 2.94. The second-order valence-corrected chi connectivity index (χ2v) is 8.57. The van der Waals surface area contributed by atoms with E-state index in [0.717, 1.165) is 5.56 Å². The molecule has 0 amide bonds. The van der Waals surface area contributed by atoms with Gasteiger partial charge in [0.05, 0.1) is 12.7 Å². The summed E-state index contributed by atoms with van der Waals surface area (Å²) in [5.74, 6) is -0.383. The second kappa shape index (κ2) is 10.1. The van der Waals surface area contributed by atoms with E-state index in [1.54, 1.807) is 54.6 Å². The van der Waals surface area contributed by atoms with Gasteiger partial charge in [-0.1, -0.05) is 23.2 Å². The summed E-state index contributed by atoms with van der Waals surface area (Å²) in [5.41, 5.74) is -0.125. The van der Waals surface area contributed by atoms with Gasteiger partial charge in [-0.15, -0.1) is 0 Å². The van der Waals surface area contributed by atoms with Gasteiger partial charge >= 0.3 is 5.97 Å². The van der Waals surface area contributed by atoms with E-state index in [1.807, 2.05) is 0 Å². The van der Waals surface area contributed by atoms with Crippen LogP contribution < -0.4 is 14.2 Å². The van der Waals surface area contributed by atoms with Crippen LogP contribution >= 0.6 is 23.2 Å². The normalized spacial score (nSPS) is 11.1. The Morgan fingerprint density at radius 2 is 1.52 bits per heavy atom. The van der Waals surface area contributed by atoms with Gasteiger partial charge in [-0.2, -0.15) is 0 Å². The molecule has 0 aliphatic carbocycles. The van der Waals surface area contributed by atoms with Crippen molar-refractivity contribution < 1.29 is 28.9 Å². The van der Waals surface area contributed by atoms with Gasteiger partial charge in [0, 0.05) is 21.7 Å². The number of aliphatic carboxylic acids is 1. The summed E-state index contributed by atoms with van der Waals surface area (Å²) < 4.78 is 16.6. The Kier molecular flexibility index (Phi) is 7.51. The number of carboxylic acids is 1. The molecule has 0 spiro atoms. The number of benzene rings is 3. The standard InChI is InChI=1S/C25H22Cl2O6/c1-25(2,24(29)30)33-22-13-20(31-3)8-9-21(22)23(28)16-4-6-19(7-5-16)32-14-15-10-17(26)12-18(27)11-15/h4-13H,14H2,1-3H3,(H,29,30). The van der Waals surface area contributed by atoms with Crippen LogP contribution in [0.1, 0.15) is 35.3 Å². The quantitative estimate of drug-likeness (QED) is 0.369. The first kappa shape index (κ1) is 24.4. The van der Waals surface area contributed by atoms with E-state index in [9.17, 15) is 14.7 Å². The van der Waals surface area contributed by atoms with E-state index in [-0.39, 0.29) is 23.7 Å². The minimum absolute atomic E-state index is 0.116. The van der Waals surface area contributed by atoms with Crippen molar-refractivity contribution in [1.82, 2.24) is 0 Å². The van der Waals surface area contributed by atoms with Gasteiger partial charge in [0.1, 0.15) is 23.9 Å². The molecule has 33 heavy (non-hydrogen) atoms. The number of methoxy groups -OCH3 is 1. The molecular formula is C25H22Cl2O6. The summed E-state index contributed by atoms with van der Waals surface area (Å²) in [6.45, 7) is 3.07. The lowest BCUT2D eigenvalue weighted by Crippen LogP contribution is -2.38. The Morgan fingerprint density at radius 1 is 0.909 bits per heavy atom. The lowest BCUT2D eigenvalue weighted by atomic mass is 10.0. The molecule has 1 N–H and O–H groups in total. The summed E-state index contributed by atoms with van der Waals surface area (Å²) in [5, 5.41) is 10.4. The van der Waals surface area contributed by atoms with Crippen molar-refractivity contribution in [1.29, 1.82) is 0 Å². The maximum atomic E-state index is 13.1. The molecule has 0 bridgehead atoms. The zero-order valence-electron chi connectivity index (χ0n) is 18.2. The molecule has 0 aliphatic heterocycles. The molecule has 0 aliphatic rings. The maximum Gasteiger partial charge on any atom is 0.347 e. The van der Waals surface area contributed by atoms with Crippen LogP contribution in [-0.2, 0) is 11.4 Å². The Hall–Kier alpha value is -3.22. The monoisotopic (exact) mass is 488 g/mol. The molecular weight excluding hydrogens is 467 g/mol. The summed E-state index contributed by atoms with van der Waals surface area (Å²) >= 11 is 12.0. The Morgan fingerprint density at radius 3 is 2.09 bits per heavy atom. The lowest BCUT2D eigenvalue weighted by molar-refractivity contribution is -0.152. The van der Waals surface area contributed by atoms with Crippen molar-refractivity contribution in [2.45, 2.75) is 26.1 Å². The Bertz CT molecular complexity index is 1150. The molecule has 3 aromatic rings. The summed E-state index contributed by atoms with van der Waals surface area (Å²) in [6, 6.07) is 16.4. The third-order valence-corrected chi connectivity index (χ3v) is 5.19. The van der Waals surface area contributed by atoms with Crippen molar-refractivity contribution in [2.24, 2.45) is 0 Å². The van der Waals surface area contributed by atoms with Crippen molar-refractivity contribution in [2.75, 3.05) is 7.11 Å². The first-order valence-corrected chi connectivity index (χ1v) is 10.7. The van der Waals surface area contributed by atoms with Crippen molar-refractivity contribution >= 4 is 35.0 Å². The molecule has 3 rings (SSSR count). The number of carbonyl (C=O) groups is 2. The number of halogens is 2. The summed E-state index contributed by atoms with van der Waals surface area (Å²) in [6.07, 6.45) is 0. The van der Waals surface area contributed by atoms with Crippen LogP contribution in [0.5, 0.6) is 17.2 Å². The molecule has 0 fully saturated rings. The van der Waals surface area contributed by atoms with E-state index in [4.69, 9.17) is 37.4 Å². The van der Waals surface area contributed by atoms with Crippen LogP contribution in [0.15, 0.2) is 60.7 Å². The molecule has 0 saturated heterocycles. The van der Waals surface area contributed by atoms with Gasteiger partial charge in [-0.3, -0.25) is 4.79 Å². The highest BCUT2D eigenvalue weighted by atomic mass is 35.5. The van der Waals surface area contributed by atoms with Crippen LogP contribution in [0.2, 0.25) is 10.0 Å². The van der Waals surface area contributed by atoms with E-state index in [1.165, 1.54) is 27.0 Å². The summed E-state index contributed by atoms with van der Waals surface area (Å²) in [4.78, 5) is 24.6. The Labute approximate surface area is 201 Å². The first-order valence-electron chi connectivity index (χ1n) is 9.92. The average molecular weight is 489 g/mol. The van der Waals surface area contributed by atoms with Crippen LogP contribution in [-0.4, -0.2) is 29.6 Å². The zero-order valence-corrected chi connectivity index (χ0v) is 19.7. The highest BCUT2D eigenvalue weighted by Gasteiger charge is 2.31. The average Bonchev–Trinajstić information content (AvgIpc) is 2.76. The number of hydrogen-bond acceptors (Lipinski definition) is 5. The van der Waals surface area contributed by atoms with Crippen molar-refractivity contribution in [3.63, 3.8) is 0 Å². The third-order valence-electron chi connectivity index (χ3n) is 4.76. The largest absolute Gasteiger partial charge is 0.497 e. The molecule has 172 valence electrons. The number of carboxylic acid groups (broad SMARTS) is 1. The molecule has 0 radical (unpaired) electrons. The van der Waals surface area contributed by atoms with Crippen molar-refractivity contribution in [3.8, 4) is 17.2 Å². The highest BCUT2D eigenvalue weighted by Crippen LogP contribution is 2.31. The molecule has 0 unspecified atom stereocenters. The van der Waals surface area contributed by atoms with Gasteiger partial charge in [0.2, 0.25) is 0 Å². The van der Waals surface area contributed by atoms with Crippen LogP contribution in [0.4, 0.5) is 0 Å². The fourth-order valence-corrected chi connectivity index (χ4v) is 3.51. The number of ether oxygens (including phenoxy) is 3. The zero-order chi connectivity index (χ0) is 24.2. The molecule has 3 aromatic carbocycles. The van der Waals surface area contributed by atoms with Gasteiger partial charge in [-0.25, -0.2) is 4.79 Å². The number of carbonyl (C=O) groups excluding carboxylic acids is 1. The van der Waals surface area contributed by atoms with E-state index >= 15 is 0 Å². The van der Waals surface area contributed by atoms with Gasteiger partial charge in [0.15, 0.2) is 11.4 Å². The SMILES string of the molecule is COc1ccc(C(=O)c2ccc(OCc3cc(Cl)cc(Cl)c3)cc2)c(OC(C)(C)C(=O)O)c1. The number of rotatable bonds is 9. The van der Waals surface area contributed by atoms with Gasteiger partial charge < -0.3 is 19.3 Å². The molecule has 0 atom stereocenters. The molecule has 6 nitrogen and oxygen atoms in total. The fraction of sp³-hybridized carbons (Fsp3) is 0.200. The van der Waals surface area contributed by atoms with Gasteiger partial charge in [0.25, 0.3) is 0 Å². The third kappa shape index (κ3) is 6.18. The lowest BCUT2D eigenvalue weighted by Gasteiger charge is -2.23. The predicted molar refractivity (Wildman–Crippen MR) is 126 cm³/mol. The molecule has 0 saturated carbocycles. The van der Waals surface area contributed by atoms with Crippen LogP contribution in [0.25, 0.3) is 0 Å². The topological polar surface area (TPSA) is 82.1 Å². The van der Waals surface area contributed by atoms with E-state index in [0.29, 0.717) is 27.1 Å². The summed E-state index contributed by atoms with van der Waals surface area (Å²) in [7, 11) is 1.47. The van der Waals surface area contributed by atoms with Crippen LogP contribution in [0, 0.1) is 0 Å². The number of hydrogen-bond donors (Lipinski definition) is 1. The molecule has 0 heterocycles. The molecule has 8 heteroatoms. The smallest absolute Gasteiger partial charge is 0.347 e. The number of ketones is 1. The van der Waals surface area contributed by atoms with E-state index in [2.05, 4.69) is 0 Å². The second-order valence-electron chi connectivity index (χ2n) is 7.70. The predicted octanol–water partition coefficient (Wildman–Crippen LogP) is 6.05. The minimum Gasteiger partial charge on any atom is -0.497 e. The van der Waals surface area contributed by atoms with E-state index < -0.39 is 11.6 Å². The maximum absolute atomic E-state index is 13.1. The first-order chi connectivity index (χ1) is 15.6.